The van der Waals surface area contributed by atoms with E-state index in [2.05, 4.69) is 0 Å². The van der Waals surface area contributed by atoms with Crippen LogP contribution in [0, 0.1) is 5.82 Å². The fraction of sp³-hybridized carbons (Fsp3) is 0.143. The summed E-state index contributed by atoms with van der Waals surface area (Å²) < 4.78 is 13.0. The molecule has 0 aliphatic heterocycles. The van der Waals surface area contributed by atoms with Gasteiger partial charge in [-0.3, -0.25) is 0 Å². The number of nitrogens with two attached hydrogens (primary N) is 1. The minimum Gasteiger partial charge on any atom is -0.324 e. The lowest BCUT2D eigenvalue weighted by molar-refractivity contribution is 0.628. The van der Waals surface area contributed by atoms with Gasteiger partial charge in [-0.25, -0.2) is 4.39 Å². The third-order valence-corrected chi connectivity index (χ3v) is 2.97. The fourth-order valence-corrected chi connectivity index (χ4v) is 1.99. The molecule has 0 spiro atoms. The van der Waals surface area contributed by atoms with Gasteiger partial charge in [0.1, 0.15) is 5.82 Å². The summed E-state index contributed by atoms with van der Waals surface area (Å²) in [7, 11) is 0. The molecule has 0 aliphatic rings. The van der Waals surface area contributed by atoms with Gasteiger partial charge in [-0.05, 0) is 42.3 Å². The molecule has 0 amide bonds. The van der Waals surface area contributed by atoms with Gasteiger partial charge in [0, 0.05) is 11.6 Å². The highest BCUT2D eigenvalue weighted by molar-refractivity contribution is 6.33. The number of halogens is 2. The Morgan fingerprint density at radius 3 is 2.59 bits per heavy atom. The van der Waals surface area contributed by atoms with Crippen LogP contribution in [0.4, 0.5) is 4.39 Å². The summed E-state index contributed by atoms with van der Waals surface area (Å²) in [4.78, 5) is 0. The lowest BCUT2D eigenvalue weighted by Gasteiger charge is -2.09. The van der Waals surface area contributed by atoms with Crippen molar-refractivity contribution in [1.29, 1.82) is 0 Å². The monoisotopic (exact) mass is 249 g/mol. The van der Waals surface area contributed by atoms with Crippen molar-refractivity contribution >= 4 is 11.6 Å². The molecule has 1 unspecified atom stereocenters. The van der Waals surface area contributed by atoms with Gasteiger partial charge in [0.25, 0.3) is 0 Å². The summed E-state index contributed by atoms with van der Waals surface area (Å²) in [5, 5.41) is 0.409. The predicted octanol–water partition coefficient (Wildman–Crippen LogP) is 4.17. The van der Waals surface area contributed by atoms with E-state index in [1.165, 1.54) is 12.1 Å². The van der Waals surface area contributed by atoms with E-state index in [9.17, 15) is 4.39 Å². The first kappa shape index (κ1) is 12.1. The normalized spacial score (nSPS) is 12.5. The number of hydrogen-bond acceptors (Lipinski definition) is 1. The summed E-state index contributed by atoms with van der Waals surface area (Å²) in [5.41, 5.74) is 8.62. The van der Waals surface area contributed by atoms with Crippen LogP contribution in [0.1, 0.15) is 18.5 Å². The first-order chi connectivity index (χ1) is 8.08. The summed E-state index contributed by atoms with van der Waals surface area (Å²) in [6.07, 6.45) is 0. The van der Waals surface area contributed by atoms with Crippen LogP contribution >= 0.6 is 11.6 Å². The maximum absolute atomic E-state index is 13.0. The van der Waals surface area contributed by atoms with Crippen molar-refractivity contribution in [2.45, 2.75) is 13.0 Å². The standard InChI is InChI=1S/C14H13ClFN/c1-9(17)10-3-2-4-11(7-10)13-6-5-12(16)8-14(13)15/h2-9H,17H2,1H3. The Bertz CT molecular complexity index is 537. The maximum atomic E-state index is 13.0. The summed E-state index contributed by atoms with van der Waals surface area (Å²) >= 11 is 6.02. The Kier molecular flexibility index (Phi) is 3.46. The van der Waals surface area contributed by atoms with Crippen LogP contribution in [0.5, 0.6) is 0 Å². The maximum Gasteiger partial charge on any atom is 0.124 e. The zero-order valence-corrected chi connectivity index (χ0v) is 10.2. The molecule has 0 bridgehead atoms. The minimum atomic E-state index is -0.331. The molecule has 17 heavy (non-hydrogen) atoms. The van der Waals surface area contributed by atoms with Crippen LogP contribution in [-0.2, 0) is 0 Å². The molecule has 3 heteroatoms. The third-order valence-electron chi connectivity index (χ3n) is 2.65. The first-order valence-electron chi connectivity index (χ1n) is 5.39. The molecule has 2 rings (SSSR count). The molecule has 0 heterocycles. The average Bonchev–Trinajstić information content (AvgIpc) is 2.29. The zero-order chi connectivity index (χ0) is 12.4. The van der Waals surface area contributed by atoms with Crippen LogP contribution < -0.4 is 5.73 Å². The molecule has 0 saturated carbocycles. The smallest absolute Gasteiger partial charge is 0.124 e. The van der Waals surface area contributed by atoms with E-state index in [1.807, 2.05) is 31.2 Å². The molecule has 0 aliphatic carbocycles. The van der Waals surface area contributed by atoms with E-state index in [4.69, 9.17) is 17.3 Å². The van der Waals surface area contributed by atoms with E-state index < -0.39 is 0 Å². The molecule has 2 N–H and O–H groups in total. The lowest BCUT2D eigenvalue weighted by Crippen LogP contribution is -2.04. The molecule has 0 saturated heterocycles. The fourth-order valence-electron chi connectivity index (χ4n) is 1.71. The summed E-state index contributed by atoms with van der Waals surface area (Å²) in [6, 6.07) is 12.2. The van der Waals surface area contributed by atoms with Crippen molar-refractivity contribution in [3.63, 3.8) is 0 Å². The second-order valence-electron chi connectivity index (χ2n) is 4.04. The van der Waals surface area contributed by atoms with Crippen molar-refractivity contribution in [3.8, 4) is 11.1 Å². The molecule has 1 atom stereocenters. The van der Waals surface area contributed by atoms with Crippen LogP contribution in [0.2, 0.25) is 5.02 Å². The number of rotatable bonds is 2. The molecule has 2 aromatic carbocycles. The van der Waals surface area contributed by atoms with E-state index in [1.54, 1.807) is 6.07 Å². The van der Waals surface area contributed by atoms with Gasteiger partial charge in [0.15, 0.2) is 0 Å². The van der Waals surface area contributed by atoms with Crippen molar-refractivity contribution in [2.75, 3.05) is 0 Å². The Labute approximate surface area is 105 Å². The lowest BCUT2D eigenvalue weighted by atomic mass is 10.0. The van der Waals surface area contributed by atoms with Crippen LogP contribution in [0.25, 0.3) is 11.1 Å². The zero-order valence-electron chi connectivity index (χ0n) is 9.45. The Hall–Kier alpha value is -1.38. The van der Waals surface area contributed by atoms with Crippen molar-refractivity contribution < 1.29 is 4.39 Å². The van der Waals surface area contributed by atoms with Crippen molar-refractivity contribution in [1.82, 2.24) is 0 Å². The van der Waals surface area contributed by atoms with Gasteiger partial charge in [0.2, 0.25) is 0 Å². The SMILES string of the molecule is CC(N)c1cccc(-c2ccc(F)cc2Cl)c1. The first-order valence-corrected chi connectivity index (χ1v) is 5.76. The molecule has 0 aromatic heterocycles. The van der Waals surface area contributed by atoms with E-state index in [-0.39, 0.29) is 11.9 Å². The van der Waals surface area contributed by atoms with Gasteiger partial charge in [-0.1, -0.05) is 29.8 Å². The van der Waals surface area contributed by atoms with E-state index >= 15 is 0 Å². The molecule has 0 fully saturated rings. The topological polar surface area (TPSA) is 26.0 Å². The largest absolute Gasteiger partial charge is 0.324 e. The van der Waals surface area contributed by atoms with Crippen LogP contribution in [0.3, 0.4) is 0 Å². The Balaban J connectivity index is 2.49. The van der Waals surface area contributed by atoms with E-state index in [0.29, 0.717) is 5.02 Å². The Morgan fingerprint density at radius 1 is 1.18 bits per heavy atom. The molecule has 88 valence electrons. The summed E-state index contributed by atoms with van der Waals surface area (Å²) in [6.45, 7) is 1.92. The average molecular weight is 250 g/mol. The highest BCUT2D eigenvalue weighted by atomic mass is 35.5. The van der Waals surface area contributed by atoms with E-state index in [0.717, 1.165) is 16.7 Å². The van der Waals surface area contributed by atoms with Gasteiger partial charge in [-0.2, -0.15) is 0 Å². The molecular weight excluding hydrogens is 237 g/mol. The van der Waals surface area contributed by atoms with Gasteiger partial charge in [-0.15, -0.1) is 0 Å². The highest BCUT2D eigenvalue weighted by Crippen LogP contribution is 2.29. The molecular formula is C14H13ClFN. The quantitative estimate of drug-likeness (QED) is 0.850. The van der Waals surface area contributed by atoms with Gasteiger partial charge >= 0.3 is 0 Å². The molecule has 0 radical (unpaired) electrons. The van der Waals surface area contributed by atoms with Crippen LogP contribution in [-0.4, -0.2) is 0 Å². The minimum absolute atomic E-state index is 0.0332. The second kappa shape index (κ2) is 4.86. The summed E-state index contributed by atoms with van der Waals surface area (Å²) in [5.74, 6) is -0.331. The predicted molar refractivity (Wildman–Crippen MR) is 69.4 cm³/mol. The number of benzene rings is 2. The van der Waals surface area contributed by atoms with Crippen molar-refractivity contribution in [3.05, 3.63) is 58.9 Å². The Morgan fingerprint density at radius 2 is 1.94 bits per heavy atom. The highest BCUT2D eigenvalue weighted by Gasteiger charge is 2.06. The van der Waals surface area contributed by atoms with Crippen LogP contribution in [0.15, 0.2) is 42.5 Å². The van der Waals surface area contributed by atoms with Gasteiger partial charge < -0.3 is 5.73 Å². The second-order valence-corrected chi connectivity index (χ2v) is 4.45. The molecule has 2 aromatic rings. The number of hydrogen-bond donors (Lipinski definition) is 1. The molecule has 1 nitrogen and oxygen atoms in total. The van der Waals surface area contributed by atoms with Gasteiger partial charge in [0.05, 0.1) is 5.02 Å². The van der Waals surface area contributed by atoms with Crippen molar-refractivity contribution in [2.24, 2.45) is 5.73 Å². The third kappa shape index (κ3) is 2.65.